The molecule has 26 heavy (non-hydrogen) atoms. The van der Waals surface area contributed by atoms with Gasteiger partial charge in [-0.15, -0.1) is 0 Å². The molecule has 5 nitrogen and oxygen atoms in total. The maximum absolute atomic E-state index is 13.2. The maximum atomic E-state index is 13.2. The molecule has 138 valence electrons. The van der Waals surface area contributed by atoms with Crippen molar-refractivity contribution in [3.63, 3.8) is 0 Å². The fraction of sp³-hybridized carbons (Fsp3) is 0.263. The summed E-state index contributed by atoms with van der Waals surface area (Å²) >= 11 is 0. The highest BCUT2D eigenvalue weighted by atomic mass is 32.3. The van der Waals surface area contributed by atoms with Gasteiger partial charge in [-0.3, -0.25) is 0 Å². The molecule has 3 rings (SSSR count). The number of hydrogen-bond donors (Lipinski definition) is 0. The van der Waals surface area contributed by atoms with E-state index in [9.17, 15) is 16.8 Å². The smallest absolute Gasteiger partial charge is 0.200 e. The van der Waals surface area contributed by atoms with E-state index in [0.717, 1.165) is 17.5 Å². The molecule has 0 radical (unpaired) electrons. The average Bonchev–Trinajstić information content (AvgIpc) is 3.09. The number of rotatable bonds is 5. The molecule has 0 saturated carbocycles. The molecule has 0 atom stereocenters. The van der Waals surface area contributed by atoms with Gasteiger partial charge in [0.25, 0.3) is 20.0 Å². The van der Waals surface area contributed by atoms with Gasteiger partial charge >= 0.3 is 0 Å². The van der Waals surface area contributed by atoms with E-state index in [-0.39, 0.29) is 9.79 Å². The second-order valence-electron chi connectivity index (χ2n) is 6.42. The first kappa shape index (κ1) is 18.7. The van der Waals surface area contributed by atoms with Gasteiger partial charge in [0.15, 0.2) is 0 Å². The van der Waals surface area contributed by atoms with E-state index < -0.39 is 20.0 Å². The van der Waals surface area contributed by atoms with Crippen LogP contribution in [-0.4, -0.2) is 20.5 Å². The molecular weight excluding hydrogens is 370 g/mol. The van der Waals surface area contributed by atoms with Gasteiger partial charge < -0.3 is 0 Å². The summed E-state index contributed by atoms with van der Waals surface area (Å²) < 4.78 is 53.5. The first-order valence-electron chi connectivity index (χ1n) is 8.36. The Bertz CT molecular complexity index is 960. The Labute approximate surface area is 155 Å². The van der Waals surface area contributed by atoms with E-state index in [0.29, 0.717) is 22.2 Å². The van der Waals surface area contributed by atoms with Gasteiger partial charge in [0, 0.05) is 5.70 Å². The molecule has 7 heteroatoms. The predicted molar refractivity (Wildman–Crippen MR) is 101 cm³/mol. The molecule has 0 bridgehead atoms. The molecule has 0 N–H and O–H groups in total. The Balaban J connectivity index is 2.17. The van der Waals surface area contributed by atoms with Gasteiger partial charge in [0.05, 0.1) is 9.79 Å². The van der Waals surface area contributed by atoms with Crippen LogP contribution in [0.2, 0.25) is 0 Å². The molecule has 2 aromatic rings. The molecule has 0 fully saturated rings. The molecular formula is C19H21NO4S2. The summed E-state index contributed by atoms with van der Waals surface area (Å²) in [5, 5.41) is 0. The number of allylic oxidation sites excluding steroid dienone is 2. The molecule has 0 spiro atoms. The van der Waals surface area contributed by atoms with Crippen LogP contribution in [0.4, 0.5) is 0 Å². The largest absolute Gasteiger partial charge is 0.277 e. The van der Waals surface area contributed by atoms with E-state index >= 15 is 0 Å². The summed E-state index contributed by atoms with van der Waals surface area (Å²) in [5.41, 5.74) is 2.11. The van der Waals surface area contributed by atoms with Crippen molar-refractivity contribution in [2.24, 2.45) is 0 Å². The van der Waals surface area contributed by atoms with Gasteiger partial charge in [-0.25, -0.2) is 16.8 Å². The van der Waals surface area contributed by atoms with Crippen molar-refractivity contribution in [1.82, 2.24) is 3.71 Å². The van der Waals surface area contributed by atoms with Crippen molar-refractivity contribution >= 4 is 20.0 Å². The highest BCUT2D eigenvalue weighted by molar-refractivity contribution is 8.04. The van der Waals surface area contributed by atoms with Crippen LogP contribution in [0, 0.1) is 13.8 Å². The van der Waals surface area contributed by atoms with Crippen molar-refractivity contribution in [3.05, 3.63) is 71.4 Å². The van der Waals surface area contributed by atoms with Gasteiger partial charge in [0.1, 0.15) is 0 Å². The fourth-order valence-electron chi connectivity index (χ4n) is 2.87. The lowest BCUT2D eigenvalue weighted by atomic mass is 10.2. The van der Waals surface area contributed by atoms with Crippen LogP contribution in [0.15, 0.2) is 70.1 Å². The summed E-state index contributed by atoms with van der Waals surface area (Å²) in [6.45, 7) is 3.69. The van der Waals surface area contributed by atoms with Crippen molar-refractivity contribution in [2.45, 2.75) is 42.9 Å². The molecule has 1 aliphatic rings. The number of sulfonamides is 2. The van der Waals surface area contributed by atoms with E-state index in [2.05, 4.69) is 0 Å². The minimum Gasteiger partial charge on any atom is -0.200 e. The lowest BCUT2D eigenvalue weighted by molar-refractivity contribution is 0.523. The van der Waals surface area contributed by atoms with Crippen LogP contribution in [0.3, 0.4) is 0 Å². The van der Waals surface area contributed by atoms with E-state index in [1.165, 1.54) is 24.3 Å². The van der Waals surface area contributed by atoms with Crippen LogP contribution in [-0.2, 0) is 20.0 Å². The summed E-state index contributed by atoms with van der Waals surface area (Å²) in [6, 6.07) is 12.4. The second-order valence-corrected chi connectivity index (χ2v) is 10.2. The average molecular weight is 392 g/mol. The highest BCUT2D eigenvalue weighted by Gasteiger charge is 2.38. The zero-order valence-electron chi connectivity index (χ0n) is 14.7. The standard InChI is InChI=1S/C19H21NO4S2/c1-15-7-11-18(12-8-15)25(21,22)20(17-5-3-4-6-17)26(23,24)19-13-9-16(2)10-14-19/h5,7-14H,3-4,6H2,1-2H3. The van der Waals surface area contributed by atoms with Crippen molar-refractivity contribution in [3.8, 4) is 0 Å². The van der Waals surface area contributed by atoms with E-state index in [4.69, 9.17) is 0 Å². The Morgan fingerprint density at radius 1 is 0.731 bits per heavy atom. The number of hydrogen-bond acceptors (Lipinski definition) is 4. The minimum atomic E-state index is -4.24. The molecule has 1 aliphatic carbocycles. The summed E-state index contributed by atoms with van der Waals surface area (Å²) in [4.78, 5) is -0.0711. The lowest BCUT2D eigenvalue weighted by Gasteiger charge is -2.25. The van der Waals surface area contributed by atoms with Crippen LogP contribution in [0.25, 0.3) is 0 Å². The summed E-state index contributed by atoms with van der Waals surface area (Å²) in [7, 11) is -8.48. The molecule has 0 aliphatic heterocycles. The molecule has 2 aromatic carbocycles. The Morgan fingerprint density at radius 3 is 1.50 bits per heavy atom. The van der Waals surface area contributed by atoms with Gasteiger partial charge in [-0.1, -0.05) is 41.5 Å². The van der Waals surface area contributed by atoms with E-state index in [1.807, 2.05) is 13.8 Å². The van der Waals surface area contributed by atoms with Crippen LogP contribution in [0.5, 0.6) is 0 Å². The summed E-state index contributed by atoms with van der Waals surface area (Å²) in [6.07, 6.45) is 3.50. The zero-order valence-corrected chi connectivity index (χ0v) is 16.3. The lowest BCUT2D eigenvalue weighted by Crippen LogP contribution is -2.35. The first-order chi connectivity index (χ1) is 12.2. The van der Waals surface area contributed by atoms with Crippen molar-refractivity contribution < 1.29 is 16.8 Å². The predicted octanol–water partition coefficient (Wildman–Crippen LogP) is 3.75. The second kappa shape index (κ2) is 6.89. The SMILES string of the molecule is Cc1ccc(S(=O)(=O)N(C2=CCCC2)S(=O)(=O)c2ccc(C)cc2)cc1. The number of aryl methyl sites for hydroxylation is 2. The number of benzene rings is 2. The maximum Gasteiger partial charge on any atom is 0.277 e. The van der Waals surface area contributed by atoms with Gasteiger partial charge in [0.2, 0.25) is 0 Å². The monoisotopic (exact) mass is 391 g/mol. The Kier molecular flexibility index (Phi) is 4.94. The minimum absolute atomic E-state index is 0.0356. The summed E-state index contributed by atoms with van der Waals surface area (Å²) in [5.74, 6) is 0. The molecule has 0 aromatic heterocycles. The molecule has 0 amide bonds. The highest BCUT2D eigenvalue weighted by Crippen LogP contribution is 2.33. The first-order valence-corrected chi connectivity index (χ1v) is 11.2. The topological polar surface area (TPSA) is 71.5 Å². The molecule has 0 unspecified atom stereocenters. The fourth-order valence-corrected chi connectivity index (χ4v) is 6.71. The third-order valence-electron chi connectivity index (χ3n) is 4.33. The third kappa shape index (κ3) is 3.41. The Morgan fingerprint density at radius 2 is 1.15 bits per heavy atom. The van der Waals surface area contributed by atoms with Crippen molar-refractivity contribution in [1.29, 1.82) is 0 Å². The normalized spacial score (nSPS) is 14.9. The van der Waals surface area contributed by atoms with Crippen LogP contribution in [0.1, 0.15) is 30.4 Å². The third-order valence-corrected chi connectivity index (χ3v) is 8.58. The Hall–Kier alpha value is -2.12. The van der Waals surface area contributed by atoms with Gasteiger partial charge in [-0.05, 0) is 57.4 Å². The quantitative estimate of drug-likeness (QED) is 0.778. The van der Waals surface area contributed by atoms with Crippen LogP contribution >= 0.6 is 0 Å². The molecule has 0 saturated heterocycles. The van der Waals surface area contributed by atoms with Crippen LogP contribution < -0.4 is 0 Å². The van der Waals surface area contributed by atoms with E-state index in [1.54, 1.807) is 30.3 Å². The van der Waals surface area contributed by atoms with Crippen molar-refractivity contribution in [2.75, 3.05) is 0 Å². The molecule has 0 heterocycles. The number of nitrogens with zero attached hydrogens (tertiary/aromatic N) is 1. The zero-order chi connectivity index (χ0) is 18.9. The van der Waals surface area contributed by atoms with Gasteiger partial charge in [-0.2, -0.15) is 3.71 Å².